The SMILES string of the molecule is COc1ccc(OCCNC(=O)c2nc(C)c(C)s2)cc1. The lowest BCUT2D eigenvalue weighted by molar-refractivity contribution is 0.0946. The van der Waals surface area contributed by atoms with Crippen LogP contribution in [-0.2, 0) is 0 Å². The number of thiazole rings is 1. The zero-order valence-electron chi connectivity index (χ0n) is 12.3. The molecule has 0 saturated carbocycles. The van der Waals surface area contributed by atoms with Crippen LogP contribution in [0.4, 0.5) is 0 Å². The van der Waals surface area contributed by atoms with Gasteiger partial charge >= 0.3 is 0 Å². The summed E-state index contributed by atoms with van der Waals surface area (Å²) in [5.41, 5.74) is 0.902. The Morgan fingerprint density at radius 2 is 1.90 bits per heavy atom. The van der Waals surface area contributed by atoms with E-state index in [-0.39, 0.29) is 5.91 Å². The third kappa shape index (κ3) is 4.19. The van der Waals surface area contributed by atoms with Crippen molar-refractivity contribution >= 4 is 17.2 Å². The Labute approximate surface area is 127 Å². The first-order valence-electron chi connectivity index (χ1n) is 6.59. The number of carbonyl (C=O) groups excluding carboxylic acids is 1. The second-order valence-corrected chi connectivity index (χ2v) is 5.64. The van der Waals surface area contributed by atoms with Crippen molar-refractivity contribution in [1.29, 1.82) is 0 Å². The predicted octanol–water partition coefficient (Wildman–Crippen LogP) is 2.58. The van der Waals surface area contributed by atoms with Gasteiger partial charge < -0.3 is 14.8 Å². The van der Waals surface area contributed by atoms with E-state index >= 15 is 0 Å². The van der Waals surface area contributed by atoms with E-state index in [9.17, 15) is 4.79 Å². The number of nitrogens with zero attached hydrogens (tertiary/aromatic N) is 1. The molecule has 0 spiro atoms. The maximum absolute atomic E-state index is 11.9. The van der Waals surface area contributed by atoms with Crippen molar-refractivity contribution in [3.8, 4) is 11.5 Å². The second-order valence-electron chi connectivity index (χ2n) is 4.44. The van der Waals surface area contributed by atoms with Crippen LogP contribution in [0, 0.1) is 13.8 Å². The fourth-order valence-electron chi connectivity index (χ4n) is 1.65. The van der Waals surface area contributed by atoms with Gasteiger partial charge in [-0.1, -0.05) is 0 Å². The summed E-state index contributed by atoms with van der Waals surface area (Å²) in [5.74, 6) is 1.37. The maximum atomic E-state index is 11.9. The first-order valence-corrected chi connectivity index (χ1v) is 7.41. The van der Waals surface area contributed by atoms with Crippen molar-refractivity contribution in [3.05, 3.63) is 39.8 Å². The molecule has 0 radical (unpaired) electrons. The average Bonchev–Trinajstić information content (AvgIpc) is 2.84. The molecule has 0 bridgehead atoms. The van der Waals surface area contributed by atoms with Crippen LogP contribution in [0.25, 0.3) is 0 Å². The molecule has 0 aliphatic rings. The highest BCUT2D eigenvalue weighted by Gasteiger charge is 2.11. The number of amides is 1. The van der Waals surface area contributed by atoms with Gasteiger partial charge in [0.25, 0.3) is 5.91 Å². The van der Waals surface area contributed by atoms with Crippen LogP contribution in [-0.4, -0.2) is 31.2 Å². The second kappa shape index (κ2) is 7.08. The number of aromatic nitrogens is 1. The third-order valence-electron chi connectivity index (χ3n) is 2.94. The van der Waals surface area contributed by atoms with E-state index in [1.165, 1.54) is 11.3 Å². The lowest BCUT2D eigenvalue weighted by Gasteiger charge is -2.07. The van der Waals surface area contributed by atoms with E-state index in [1.807, 2.05) is 38.1 Å². The molecule has 0 aliphatic carbocycles. The van der Waals surface area contributed by atoms with Gasteiger partial charge in [0.1, 0.15) is 18.1 Å². The quantitative estimate of drug-likeness (QED) is 0.833. The fraction of sp³-hybridized carbons (Fsp3) is 0.333. The van der Waals surface area contributed by atoms with Crippen molar-refractivity contribution in [1.82, 2.24) is 10.3 Å². The Balaban J connectivity index is 1.75. The van der Waals surface area contributed by atoms with Crippen LogP contribution in [0.1, 0.15) is 20.4 Å². The van der Waals surface area contributed by atoms with Crippen molar-refractivity contribution in [3.63, 3.8) is 0 Å². The zero-order chi connectivity index (χ0) is 15.2. The van der Waals surface area contributed by atoms with Gasteiger partial charge in [-0.3, -0.25) is 4.79 Å². The highest BCUT2D eigenvalue weighted by molar-refractivity contribution is 7.13. The number of benzene rings is 1. The van der Waals surface area contributed by atoms with E-state index in [4.69, 9.17) is 9.47 Å². The highest BCUT2D eigenvalue weighted by Crippen LogP contribution is 2.17. The molecule has 1 amide bonds. The maximum Gasteiger partial charge on any atom is 0.280 e. The number of methoxy groups -OCH3 is 1. The number of ether oxygens (including phenoxy) is 2. The van der Waals surface area contributed by atoms with Gasteiger partial charge in [-0.2, -0.15) is 0 Å². The van der Waals surface area contributed by atoms with Crippen LogP contribution in [0.2, 0.25) is 0 Å². The van der Waals surface area contributed by atoms with Crippen molar-refractivity contribution < 1.29 is 14.3 Å². The molecule has 2 aromatic rings. The molecule has 0 aliphatic heterocycles. The lowest BCUT2D eigenvalue weighted by atomic mass is 10.3. The molecule has 21 heavy (non-hydrogen) atoms. The number of carbonyl (C=O) groups is 1. The van der Waals surface area contributed by atoms with Crippen molar-refractivity contribution in [2.45, 2.75) is 13.8 Å². The number of hydrogen-bond acceptors (Lipinski definition) is 5. The highest BCUT2D eigenvalue weighted by atomic mass is 32.1. The van der Waals surface area contributed by atoms with Crippen LogP contribution in [0.3, 0.4) is 0 Å². The molecular formula is C15H18N2O3S. The predicted molar refractivity (Wildman–Crippen MR) is 82.4 cm³/mol. The summed E-state index contributed by atoms with van der Waals surface area (Å²) in [5, 5.41) is 3.29. The molecule has 0 atom stereocenters. The number of nitrogens with one attached hydrogen (secondary N) is 1. The third-order valence-corrected chi connectivity index (χ3v) is 4.01. The summed E-state index contributed by atoms with van der Waals surface area (Å²) >= 11 is 1.40. The van der Waals surface area contributed by atoms with E-state index in [0.717, 1.165) is 22.1 Å². The summed E-state index contributed by atoms with van der Waals surface area (Å²) < 4.78 is 10.6. The molecule has 112 valence electrons. The summed E-state index contributed by atoms with van der Waals surface area (Å²) in [4.78, 5) is 17.2. The Morgan fingerprint density at radius 1 is 1.24 bits per heavy atom. The van der Waals surface area contributed by atoms with E-state index < -0.39 is 0 Å². The van der Waals surface area contributed by atoms with Gasteiger partial charge in [0.15, 0.2) is 5.01 Å². The summed E-state index contributed by atoms with van der Waals surface area (Å²) in [6, 6.07) is 7.31. The molecule has 6 heteroatoms. The number of aryl methyl sites for hydroxylation is 2. The fourth-order valence-corrected chi connectivity index (χ4v) is 2.48. The summed E-state index contributed by atoms with van der Waals surface area (Å²) in [6.45, 7) is 4.69. The molecule has 0 fully saturated rings. The van der Waals surface area contributed by atoms with E-state index in [2.05, 4.69) is 10.3 Å². The number of rotatable bonds is 6. The van der Waals surface area contributed by atoms with Gasteiger partial charge in [0.2, 0.25) is 0 Å². The van der Waals surface area contributed by atoms with Gasteiger partial charge in [0, 0.05) is 4.88 Å². The molecule has 0 unspecified atom stereocenters. The molecule has 0 saturated heterocycles. The van der Waals surface area contributed by atoms with Gasteiger partial charge in [-0.15, -0.1) is 11.3 Å². The minimum atomic E-state index is -0.158. The van der Waals surface area contributed by atoms with E-state index in [1.54, 1.807) is 7.11 Å². The Kier molecular flexibility index (Phi) is 5.16. The van der Waals surface area contributed by atoms with Crippen LogP contribution in [0.5, 0.6) is 11.5 Å². The average molecular weight is 306 g/mol. The van der Waals surface area contributed by atoms with Crippen molar-refractivity contribution in [2.75, 3.05) is 20.3 Å². The molecule has 5 nitrogen and oxygen atoms in total. The van der Waals surface area contributed by atoms with Gasteiger partial charge in [-0.25, -0.2) is 4.98 Å². The minimum Gasteiger partial charge on any atom is -0.497 e. The molecule has 1 heterocycles. The largest absolute Gasteiger partial charge is 0.497 e. The smallest absolute Gasteiger partial charge is 0.280 e. The minimum absolute atomic E-state index is 0.158. The summed E-state index contributed by atoms with van der Waals surface area (Å²) in [7, 11) is 1.62. The molecule has 2 rings (SSSR count). The first kappa shape index (κ1) is 15.3. The lowest BCUT2D eigenvalue weighted by Crippen LogP contribution is -2.28. The first-order chi connectivity index (χ1) is 10.1. The standard InChI is InChI=1S/C15H18N2O3S/c1-10-11(2)21-15(17-10)14(18)16-8-9-20-13-6-4-12(19-3)5-7-13/h4-7H,8-9H2,1-3H3,(H,16,18). The Hall–Kier alpha value is -2.08. The Morgan fingerprint density at radius 3 is 2.48 bits per heavy atom. The van der Waals surface area contributed by atoms with Crippen LogP contribution in [0.15, 0.2) is 24.3 Å². The zero-order valence-corrected chi connectivity index (χ0v) is 13.1. The normalized spacial score (nSPS) is 10.2. The number of hydrogen-bond donors (Lipinski definition) is 1. The van der Waals surface area contributed by atoms with Crippen LogP contribution < -0.4 is 14.8 Å². The van der Waals surface area contributed by atoms with Crippen molar-refractivity contribution in [2.24, 2.45) is 0 Å². The Bertz CT molecular complexity index is 588. The molecule has 1 N–H and O–H groups in total. The monoisotopic (exact) mass is 306 g/mol. The van der Waals surface area contributed by atoms with E-state index in [0.29, 0.717) is 18.2 Å². The van der Waals surface area contributed by atoms with Crippen LogP contribution >= 0.6 is 11.3 Å². The molecule has 1 aromatic heterocycles. The topological polar surface area (TPSA) is 60.5 Å². The van der Waals surface area contributed by atoms with Gasteiger partial charge in [-0.05, 0) is 38.1 Å². The molecular weight excluding hydrogens is 288 g/mol. The summed E-state index contributed by atoms with van der Waals surface area (Å²) in [6.07, 6.45) is 0. The van der Waals surface area contributed by atoms with Gasteiger partial charge in [0.05, 0.1) is 19.3 Å². The molecule has 1 aromatic carbocycles.